The molecule has 29 heavy (non-hydrogen) atoms. The van der Waals surface area contributed by atoms with Crippen molar-refractivity contribution in [2.24, 2.45) is 13.0 Å². The summed E-state index contributed by atoms with van der Waals surface area (Å²) in [6.45, 7) is 9.35. The van der Waals surface area contributed by atoms with Crippen molar-refractivity contribution in [2.75, 3.05) is 37.6 Å². The van der Waals surface area contributed by atoms with Gasteiger partial charge in [0.05, 0.1) is 24.5 Å². The maximum atomic E-state index is 13.1. The van der Waals surface area contributed by atoms with Gasteiger partial charge < -0.3 is 9.42 Å². The highest BCUT2D eigenvalue weighted by atomic mass is 16.5. The van der Waals surface area contributed by atoms with Crippen LogP contribution in [0.2, 0.25) is 0 Å². The van der Waals surface area contributed by atoms with E-state index in [1.807, 2.05) is 18.1 Å². The summed E-state index contributed by atoms with van der Waals surface area (Å²) >= 11 is 0. The highest BCUT2D eigenvalue weighted by Gasteiger charge is 2.35. The summed E-state index contributed by atoms with van der Waals surface area (Å²) in [6, 6.07) is -0.0334. The van der Waals surface area contributed by atoms with Crippen LogP contribution in [0, 0.1) is 5.92 Å². The fourth-order valence-electron chi connectivity index (χ4n) is 4.22. The van der Waals surface area contributed by atoms with Crippen molar-refractivity contribution in [1.82, 2.24) is 29.7 Å². The molecule has 0 radical (unpaired) electrons. The Bertz CT molecular complexity index is 822. The summed E-state index contributed by atoms with van der Waals surface area (Å²) < 4.78 is 7.09. The second-order valence-corrected chi connectivity index (χ2v) is 8.53. The number of hydrogen-bond donors (Lipinski definition) is 0. The first-order chi connectivity index (χ1) is 14.0. The Balaban J connectivity index is 1.31. The summed E-state index contributed by atoms with van der Waals surface area (Å²) in [7, 11) is 1.88. The highest BCUT2D eigenvalue weighted by molar-refractivity contribution is 5.97. The molecule has 2 aromatic heterocycles. The van der Waals surface area contributed by atoms with E-state index < -0.39 is 0 Å². The first kappa shape index (κ1) is 20.0. The van der Waals surface area contributed by atoms with Gasteiger partial charge in [-0.2, -0.15) is 10.1 Å². The van der Waals surface area contributed by atoms with Gasteiger partial charge >= 0.3 is 0 Å². The van der Waals surface area contributed by atoms with Crippen LogP contribution >= 0.6 is 0 Å². The molecule has 2 fully saturated rings. The molecule has 4 rings (SSSR count). The predicted octanol–water partition coefficient (Wildman–Crippen LogP) is 1.31. The van der Waals surface area contributed by atoms with E-state index in [9.17, 15) is 4.79 Å². The number of aromatic nitrogens is 4. The van der Waals surface area contributed by atoms with E-state index in [1.54, 1.807) is 10.9 Å². The molecule has 0 saturated carbocycles. The molecule has 1 atom stereocenters. The third-order valence-electron chi connectivity index (χ3n) is 5.72. The van der Waals surface area contributed by atoms with E-state index in [4.69, 9.17) is 4.52 Å². The van der Waals surface area contributed by atoms with Gasteiger partial charge in [-0.1, -0.05) is 19.0 Å². The molecule has 2 aliphatic rings. The third-order valence-corrected chi connectivity index (χ3v) is 5.72. The summed E-state index contributed by atoms with van der Waals surface area (Å²) in [5.41, 5.74) is 0.898. The fourth-order valence-corrected chi connectivity index (χ4v) is 4.22. The monoisotopic (exact) mass is 401 g/mol. The first-order valence-electron chi connectivity index (χ1n) is 10.6. The minimum Gasteiger partial charge on any atom is -0.339 e. The van der Waals surface area contributed by atoms with Crippen LogP contribution in [0.1, 0.15) is 38.4 Å². The average molecular weight is 402 g/mol. The summed E-state index contributed by atoms with van der Waals surface area (Å²) in [5.74, 6) is 2.18. The molecular weight excluding hydrogens is 370 g/mol. The number of piperidine rings is 1. The Morgan fingerprint density at radius 1 is 1.21 bits per heavy atom. The molecule has 0 unspecified atom stereocenters. The van der Waals surface area contributed by atoms with Gasteiger partial charge in [0.15, 0.2) is 5.82 Å². The lowest BCUT2D eigenvalue weighted by Crippen LogP contribution is -2.57. The third kappa shape index (κ3) is 4.67. The van der Waals surface area contributed by atoms with Gasteiger partial charge in [0.25, 0.3) is 0 Å². The van der Waals surface area contributed by atoms with E-state index in [1.165, 1.54) is 0 Å². The quantitative estimate of drug-likeness (QED) is 0.722. The van der Waals surface area contributed by atoms with Gasteiger partial charge in [0, 0.05) is 52.4 Å². The van der Waals surface area contributed by atoms with Crippen molar-refractivity contribution in [3.8, 4) is 0 Å². The molecule has 4 heterocycles. The Kier molecular flexibility index (Phi) is 5.96. The molecule has 0 aliphatic carbocycles. The predicted molar refractivity (Wildman–Crippen MR) is 108 cm³/mol. The Hall–Kier alpha value is -2.26. The SMILES string of the molecule is CC(C)Cc1nc(CN2CCN([C@@H]3CCCN(c4cnn(C)c4)C3=O)CC2)no1. The van der Waals surface area contributed by atoms with E-state index in [-0.39, 0.29) is 11.9 Å². The summed E-state index contributed by atoms with van der Waals surface area (Å²) in [6.07, 6.45) is 6.46. The van der Waals surface area contributed by atoms with Gasteiger partial charge in [-0.15, -0.1) is 0 Å². The summed E-state index contributed by atoms with van der Waals surface area (Å²) in [5, 5.41) is 8.33. The van der Waals surface area contributed by atoms with Crippen molar-refractivity contribution in [3.63, 3.8) is 0 Å². The van der Waals surface area contributed by atoms with E-state index in [0.717, 1.165) is 69.4 Å². The fraction of sp³-hybridized carbons (Fsp3) is 0.700. The lowest BCUT2D eigenvalue weighted by atomic mass is 10.0. The van der Waals surface area contributed by atoms with Gasteiger partial charge in [0.2, 0.25) is 11.8 Å². The van der Waals surface area contributed by atoms with Crippen LogP contribution in [0.3, 0.4) is 0 Å². The number of carbonyl (C=O) groups is 1. The highest BCUT2D eigenvalue weighted by Crippen LogP contribution is 2.24. The average Bonchev–Trinajstić information content (AvgIpc) is 3.31. The zero-order valence-corrected chi connectivity index (χ0v) is 17.6. The molecule has 2 aromatic rings. The van der Waals surface area contributed by atoms with Crippen molar-refractivity contribution in [1.29, 1.82) is 0 Å². The second kappa shape index (κ2) is 8.62. The minimum absolute atomic E-state index is 0.0334. The van der Waals surface area contributed by atoms with E-state index >= 15 is 0 Å². The molecule has 1 amide bonds. The zero-order chi connectivity index (χ0) is 20.4. The van der Waals surface area contributed by atoms with Gasteiger partial charge in [0.1, 0.15) is 0 Å². The van der Waals surface area contributed by atoms with Crippen LogP contribution < -0.4 is 4.90 Å². The maximum Gasteiger partial charge on any atom is 0.244 e. The number of carbonyl (C=O) groups excluding carboxylic acids is 1. The van der Waals surface area contributed by atoms with Crippen LogP contribution in [0.5, 0.6) is 0 Å². The number of anilines is 1. The molecule has 0 N–H and O–H groups in total. The number of rotatable bonds is 6. The maximum absolute atomic E-state index is 13.1. The summed E-state index contributed by atoms with van der Waals surface area (Å²) in [4.78, 5) is 24.2. The van der Waals surface area contributed by atoms with Crippen LogP contribution in [0.4, 0.5) is 5.69 Å². The topological polar surface area (TPSA) is 83.5 Å². The Morgan fingerprint density at radius 3 is 2.69 bits per heavy atom. The lowest BCUT2D eigenvalue weighted by molar-refractivity contribution is -0.126. The largest absolute Gasteiger partial charge is 0.339 e. The molecule has 9 nitrogen and oxygen atoms in total. The van der Waals surface area contributed by atoms with E-state index in [2.05, 4.69) is 38.9 Å². The molecule has 0 aromatic carbocycles. The molecule has 2 aliphatic heterocycles. The number of hydrogen-bond acceptors (Lipinski definition) is 7. The van der Waals surface area contributed by atoms with Crippen molar-refractivity contribution >= 4 is 11.6 Å². The van der Waals surface area contributed by atoms with Crippen LogP contribution in [-0.4, -0.2) is 74.4 Å². The van der Waals surface area contributed by atoms with Crippen molar-refractivity contribution in [3.05, 3.63) is 24.1 Å². The standard InChI is InChI=1S/C20H31N7O2/c1-15(2)11-19-22-18(23-29-19)14-25-7-9-26(10-8-25)17-5-4-6-27(20(17)28)16-12-21-24(3)13-16/h12-13,15,17H,4-11,14H2,1-3H3/t17-/m1/s1. The van der Waals surface area contributed by atoms with Gasteiger partial charge in [-0.05, 0) is 18.8 Å². The normalized spacial score (nSPS) is 22.0. The molecule has 0 spiro atoms. The molecule has 158 valence electrons. The number of nitrogens with zero attached hydrogens (tertiary/aromatic N) is 7. The second-order valence-electron chi connectivity index (χ2n) is 8.53. The Morgan fingerprint density at radius 2 is 2.00 bits per heavy atom. The number of amides is 1. The lowest BCUT2D eigenvalue weighted by Gasteiger charge is -2.42. The minimum atomic E-state index is -0.0334. The van der Waals surface area contributed by atoms with Crippen LogP contribution in [-0.2, 0) is 24.8 Å². The van der Waals surface area contributed by atoms with Gasteiger partial charge in [-0.3, -0.25) is 19.3 Å². The Labute approximate surface area is 171 Å². The molecule has 0 bridgehead atoms. The van der Waals surface area contributed by atoms with Crippen LogP contribution in [0.25, 0.3) is 0 Å². The number of aryl methyl sites for hydroxylation is 1. The zero-order valence-electron chi connectivity index (χ0n) is 17.6. The van der Waals surface area contributed by atoms with Crippen molar-refractivity contribution in [2.45, 2.75) is 45.7 Å². The van der Waals surface area contributed by atoms with Gasteiger partial charge in [-0.25, -0.2) is 0 Å². The molecule has 2 saturated heterocycles. The number of piperazine rings is 1. The smallest absolute Gasteiger partial charge is 0.244 e. The molecule has 9 heteroatoms. The molecular formula is C20H31N7O2. The van der Waals surface area contributed by atoms with Crippen molar-refractivity contribution < 1.29 is 9.32 Å². The first-order valence-corrected chi connectivity index (χ1v) is 10.6. The van der Waals surface area contributed by atoms with E-state index in [0.29, 0.717) is 12.5 Å². The van der Waals surface area contributed by atoms with Crippen LogP contribution in [0.15, 0.2) is 16.9 Å².